The first kappa shape index (κ1) is 6.55. The van der Waals surface area contributed by atoms with Gasteiger partial charge in [-0.25, -0.2) is 0 Å². The molecule has 2 atom stereocenters. The summed E-state index contributed by atoms with van der Waals surface area (Å²) < 4.78 is 6.46. The van der Waals surface area contributed by atoms with E-state index in [-0.39, 0.29) is 12.2 Å². The number of rotatable bonds is 0. The molecule has 2 aliphatic heterocycles. The van der Waals surface area contributed by atoms with Crippen LogP contribution in [0.5, 0.6) is 0 Å². The van der Waals surface area contributed by atoms with Crippen molar-refractivity contribution in [3.8, 4) is 0 Å². The Morgan fingerprint density at radius 3 is 3.10 bits per heavy atom. The average Bonchev–Trinajstić information content (AvgIpc) is 2.07. The largest absolute Gasteiger partial charge is 0.365 e. The lowest BCUT2D eigenvalue weighted by atomic mass is 10.1. The summed E-state index contributed by atoms with van der Waals surface area (Å²) in [6, 6.07) is 0. The molecule has 2 aliphatic rings. The third-order valence-electron chi connectivity index (χ3n) is 1.83. The van der Waals surface area contributed by atoms with Crippen molar-refractivity contribution in [3.05, 3.63) is 10.6 Å². The molecule has 0 aromatic carbocycles. The predicted octanol–water partition coefficient (Wildman–Crippen LogP) is 1.40. The van der Waals surface area contributed by atoms with E-state index >= 15 is 0 Å². The third-order valence-corrected chi connectivity index (χ3v) is 2.61. The monoisotopic (exact) mass is 202 g/mol. The summed E-state index contributed by atoms with van der Waals surface area (Å²) in [6.45, 7) is 0. The van der Waals surface area contributed by atoms with Crippen LogP contribution in [0.1, 0.15) is 12.8 Å². The minimum absolute atomic E-state index is 0.0336. The van der Waals surface area contributed by atoms with Crippen LogP contribution < -0.4 is 0 Å². The Kier molecular flexibility index (Phi) is 1.42. The first-order valence-corrected chi connectivity index (χ1v) is 4.09. The topological polar surface area (TPSA) is 26.3 Å². The third kappa shape index (κ3) is 0.935. The zero-order chi connectivity index (χ0) is 7.14. The van der Waals surface area contributed by atoms with E-state index in [4.69, 9.17) is 4.74 Å². The van der Waals surface area contributed by atoms with Crippen LogP contribution in [-0.2, 0) is 9.53 Å². The van der Waals surface area contributed by atoms with Gasteiger partial charge >= 0.3 is 0 Å². The van der Waals surface area contributed by atoms with Gasteiger partial charge in [-0.2, -0.15) is 0 Å². The molecule has 2 bridgehead atoms. The number of hydrogen-bond acceptors (Lipinski definition) is 2. The number of ketones is 1. The maximum absolute atomic E-state index is 10.9. The van der Waals surface area contributed by atoms with Crippen LogP contribution in [0.2, 0.25) is 0 Å². The molecule has 1 saturated heterocycles. The number of hydrogen-bond donors (Lipinski definition) is 0. The molecule has 0 spiro atoms. The van der Waals surface area contributed by atoms with Crippen LogP contribution in [0.3, 0.4) is 0 Å². The molecule has 0 aromatic rings. The molecule has 54 valence electrons. The minimum atomic E-state index is 0.0336. The lowest BCUT2D eigenvalue weighted by molar-refractivity contribution is -0.128. The number of fused-ring (bicyclic) bond motifs is 2. The van der Waals surface area contributed by atoms with Crippen molar-refractivity contribution < 1.29 is 9.53 Å². The number of carbonyl (C=O) groups excluding carboxylic acids is 1. The number of ether oxygens (including phenoxy) is 1. The summed E-state index contributed by atoms with van der Waals surface area (Å²) in [6.07, 6.45) is 3.18. The van der Waals surface area contributed by atoms with Gasteiger partial charge in [0.2, 0.25) is 0 Å². The molecule has 2 rings (SSSR count). The lowest BCUT2D eigenvalue weighted by Gasteiger charge is -2.19. The molecule has 2 heterocycles. The summed E-state index contributed by atoms with van der Waals surface area (Å²) in [4.78, 5) is 10.9. The highest BCUT2D eigenvalue weighted by atomic mass is 79.9. The van der Waals surface area contributed by atoms with Crippen LogP contribution in [0, 0.1) is 0 Å². The number of halogens is 1. The van der Waals surface area contributed by atoms with Gasteiger partial charge in [0.25, 0.3) is 0 Å². The van der Waals surface area contributed by atoms with Gasteiger partial charge in [-0.15, -0.1) is 0 Å². The first-order valence-electron chi connectivity index (χ1n) is 3.30. The Balaban J connectivity index is 2.23. The van der Waals surface area contributed by atoms with Crippen LogP contribution in [0.25, 0.3) is 0 Å². The standard InChI is InChI=1S/C7H7BrO2/c8-6-3-5-1-4(9)2-7(6)10-5/h3,5,7H,1-2H2. The van der Waals surface area contributed by atoms with Crippen molar-refractivity contribution in [2.75, 3.05) is 0 Å². The lowest BCUT2D eigenvalue weighted by Crippen LogP contribution is -2.26. The molecule has 0 aliphatic carbocycles. The van der Waals surface area contributed by atoms with Gasteiger partial charge < -0.3 is 4.74 Å². The Labute approximate surface area is 67.4 Å². The zero-order valence-corrected chi connectivity index (χ0v) is 6.93. The van der Waals surface area contributed by atoms with E-state index in [0.717, 1.165) is 4.48 Å². The van der Waals surface area contributed by atoms with E-state index in [2.05, 4.69) is 15.9 Å². The van der Waals surface area contributed by atoms with Crippen LogP contribution in [0.4, 0.5) is 0 Å². The molecular weight excluding hydrogens is 196 g/mol. The van der Waals surface area contributed by atoms with Crippen LogP contribution in [0.15, 0.2) is 10.6 Å². The van der Waals surface area contributed by atoms with Crippen molar-refractivity contribution in [1.82, 2.24) is 0 Å². The molecule has 0 amide bonds. The normalized spacial score (nSPS) is 38.1. The summed E-state index contributed by atoms with van der Waals surface area (Å²) in [5.74, 6) is 0.312. The second-order valence-corrected chi connectivity index (χ2v) is 3.58. The molecule has 10 heavy (non-hydrogen) atoms. The second-order valence-electron chi connectivity index (χ2n) is 2.66. The van der Waals surface area contributed by atoms with Gasteiger partial charge in [0.1, 0.15) is 5.78 Å². The van der Waals surface area contributed by atoms with E-state index in [0.29, 0.717) is 18.6 Å². The van der Waals surface area contributed by atoms with Crippen molar-refractivity contribution in [1.29, 1.82) is 0 Å². The van der Waals surface area contributed by atoms with Crippen LogP contribution in [-0.4, -0.2) is 18.0 Å². The molecular formula is C7H7BrO2. The van der Waals surface area contributed by atoms with E-state index < -0.39 is 0 Å². The Hall–Kier alpha value is -0.150. The maximum atomic E-state index is 10.9. The highest BCUT2D eigenvalue weighted by Gasteiger charge is 2.33. The summed E-state index contributed by atoms with van der Waals surface area (Å²) >= 11 is 3.36. The highest BCUT2D eigenvalue weighted by molar-refractivity contribution is 9.11. The molecule has 0 saturated carbocycles. The van der Waals surface area contributed by atoms with Gasteiger partial charge in [-0.05, 0) is 6.08 Å². The molecule has 3 heteroatoms. The number of Topliss-reactive ketones (excluding diaryl/α,β-unsaturated/α-hetero) is 1. The van der Waals surface area contributed by atoms with Crippen LogP contribution >= 0.6 is 15.9 Å². The SMILES string of the molecule is O=C1CC2C=C(Br)C(C1)O2. The highest BCUT2D eigenvalue weighted by Crippen LogP contribution is 2.33. The fraction of sp³-hybridized carbons (Fsp3) is 0.571. The van der Waals surface area contributed by atoms with Crippen molar-refractivity contribution in [2.45, 2.75) is 25.0 Å². The Morgan fingerprint density at radius 1 is 1.60 bits per heavy atom. The van der Waals surface area contributed by atoms with E-state index in [1.54, 1.807) is 0 Å². The smallest absolute Gasteiger partial charge is 0.138 e. The summed E-state index contributed by atoms with van der Waals surface area (Å²) in [7, 11) is 0. The minimum Gasteiger partial charge on any atom is -0.365 e. The summed E-state index contributed by atoms with van der Waals surface area (Å²) in [5, 5.41) is 0. The molecule has 2 unspecified atom stereocenters. The molecule has 2 nitrogen and oxygen atoms in total. The van der Waals surface area contributed by atoms with Gasteiger partial charge in [0, 0.05) is 17.3 Å². The van der Waals surface area contributed by atoms with Crippen molar-refractivity contribution in [2.24, 2.45) is 0 Å². The first-order chi connectivity index (χ1) is 4.75. The molecule has 0 aromatic heterocycles. The second kappa shape index (κ2) is 2.17. The average molecular weight is 203 g/mol. The van der Waals surface area contributed by atoms with E-state index in [9.17, 15) is 4.79 Å². The van der Waals surface area contributed by atoms with Gasteiger partial charge in [0.05, 0.1) is 12.2 Å². The van der Waals surface area contributed by atoms with Gasteiger partial charge in [-0.1, -0.05) is 15.9 Å². The summed E-state index contributed by atoms with van der Waals surface area (Å²) in [5.41, 5.74) is 0. The van der Waals surface area contributed by atoms with Gasteiger partial charge in [-0.3, -0.25) is 4.79 Å². The zero-order valence-electron chi connectivity index (χ0n) is 5.34. The molecule has 1 fully saturated rings. The fourth-order valence-corrected chi connectivity index (χ4v) is 1.93. The predicted molar refractivity (Wildman–Crippen MR) is 39.9 cm³/mol. The Bertz CT molecular complexity index is 210. The molecule has 0 radical (unpaired) electrons. The van der Waals surface area contributed by atoms with Gasteiger partial charge in [0.15, 0.2) is 0 Å². The van der Waals surface area contributed by atoms with E-state index in [1.807, 2.05) is 6.08 Å². The Morgan fingerprint density at radius 2 is 2.40 bits per heavy atom. The fourth-order valence-electron chi connectivity index (χ4n) is 1.37. The van der Waals surface area contributed by atoms with E-state index in [1.165, 1.54) is 0 Å². The quantitative estimate of drug-likeness (QED) is 0.594. The number of carbonyl (C=O) groups is 1. The molecule has 0 N–H and O–H groups in total. The van der Waals surface area contributed by atoms with Crippen molar-refractivity contribution in [3.63, 3.8) is 0 Å². The van der Waals surface area contributed by atoms with Crippen molar-refractivity contribution >= 4 is 21.7 Å². The maximum Gasteiger partial charge on any atom is 0.138 e.